The Morgan fingerprint density at radius 3 is 2.40 bits per heavy atom. The molecular weight excluding hydrogens is 258 g/mol. The average molecular weight is 283 g/mol. The molecule has 0 bridgehead atoms. The smallest absolute Gasteiger partial charge is 0.337 e. The SMILES string of the molecule is CCOC(=O)C1=C(CN(CC)CC)NC(=O)NC1CC. The maximum atomic E-state index is 12.2. The molecule has 1 aliphatic heterocycles. The summed E-state index contributed by atoms with van der Waals surface area (Å²) in [4.78, 5) is 26.0. The van der Waals surface area contributed by atoms with Gasteiger partial charge in [-0.25, -0.2) is 9.59 Å². The summed E-state index contributed by atoms with van der Waals surface area (Å²) in [6, 6.07) is -0.541. The summed E-state index contributed by atoms with van der Waals surface area (Å²) < 4.78 is 5.12. The highest BCUT2D eigenvalue weighted by molar-refractivity contribution is 5.94. The molecule has 2 amide bonds. The number of hydrogen-bond acceptors (Lipinski definition) is 4. The number of nitrogens with zero attached hydrogens (tertiary/aromatic N) is 1. The molecule has 0 radical (unpaired) electrons. The zero-order valence-electron chi connectivity index (χ0n) is 12.8. The second-order valence-electron chi connectivity index (χ2n) is 4.63. The number of urea groups is 1. The van der Waals surface area contributed by atoms with Crippen molar-refractivity contribution in [1.29, 1.82) is 0 Å². The molecule has 1 heterocycles. The van der Waals surface area contributed by atoms with Gasteiger partial charge < -0.3 is 15.4 Å². The van der Waals surface area contributed by atoms with Crippen LogP contribution in [0, 0.1) is 0 Å². The first-order valence-corrected chi connectivity index (χ1v) is 7.27. The molecule has 6 nitrogen and oxygen atoms in total. The number of carbonyl (C=O) groups is 2. The molecule has 0 saturated carbocycles. The van der Waals surface area contributed by atoms with Gasteiger partial charge in [-0.2, -0.15) is 0 Å². The standard InChI is InChI=1S/C14H25N3O3/c1-5-10-12(13(18)20-8-4)11(16-14(19)15-10)9-17(6-2)7-3/h10H,5-9H2,1-4H3,(H2,15,16,19). The van der Waals surface area contributed by atoms with E-state index >= 15 is 0 Å². The Kier molecular flexibility index (Phi) is 6.51. The number of likely N-dealkylation sites (N-methyl/N-ethyl adjacent to an activating group) is 1. The van der Waals surface area contributed by atoms with Gasteiger partial charge in [0.2, 0.25) is 0 Å². The first-order chi connectivity index (χ1) is 9.57. The third-order valence-electron chi connectivity index (χ3n) is 3.42. The lowest BCUT2D eigenvalue weighted by atomic mass is 10.00. The van der Waals surface area contributed by atoms with Crippen LogP contribution in [0.2, 0.25) is 0 Å². The van der Waals surface area contributed by atoms with Crippen molar-refractivity contribution in [2.45, 2.75) is 40.2 Å². The number of rotatable bonds is 7. The molecule has 0 spiro atoms. The number of amides is 2. The third-order valence-corrected chi connectivity index (χ3v) is 3.42. The van der Waals surface area contributed by atoms with Crippen molar-refractivity contribution in [3.8, 4) is 0 Å². The van der Waals surface area contributed by atoms with Gasteiger partial charge in [0.1, 0.15) is 0 Å². The summed E-state index contributed by atoms with van der Waals surface area (Å²) in [5.74, 6) is -0.353. The Bertz CT molecular complexity index is 389. The van der Waals surface area contributed by atoms with Gasteiger partial charge in [0.05, 0.1) is 18.2 Å². The topological polar surface area (TPSA) is 70.7 Å². The van der Waals surface area contributed by atoms with Gasteiger partial charge >= 0.3 is 12.0 Å². The van der Waals surface area contributed by atoms with E-state index in [-0.39, 0.29) is 18.0 Å². The van der Waals surface area contributed by atoms with Crippen LogP contribution in [0.3, 0.4) is 0 Å². The predicted molar refractivity (Wildman–Crippen MR) is 77.2 cm³/mol. The van der Waals surface area contributed by atoms with Crippen LogP contribution in [0.25, 0.3) is 0 Å². The summed E-state index contributed by atoms with van der Waals surface area (Å²) in [5.41, 5.74) is 1.20. The molecule has 1 aliphatic rings. The third kappa shape index (κ3) is 3.96. The van der Waals surface area contributed by atoms with E-state index in [2.05, 4.69) is 15.5 Å². The van der Waals surface area contributed by atoms with E-state index < -0.39 is 0 Å². The Labute approximate surface area is 120 Å². The quantitative estimate of drug-likeness (QED) is 0.690. The van der Waals surface area contributed by atoms with Crippen molar-refractivity contribution < 1.29 is 14.3 Å². The largest absolute Gasteiger partial charge is 0.463 e. The molecule has 0 saturated heterocycles. The van der Waals surface area contributed by atoms with Crippen molar-refractivity contribution in [2.24, 2.45) is 0 Å². The molecule has 2 N–H and O–H groups in total. The zero-order valence-corrected chi connectivity index (χ0v) is 12.8. The minimum absolute atomic E-state index is 0.257. The fourth-order valence-electron chi connectivity index (χ4n) is 2.26. The summed E-state index contributed by atoms with van der Waals surface area (Å²) >= 11 is 0. The monoisotopic (exact) mass is 283 g/mol. The molecule has 1 unspecified atom stereocenters. The van der Waals surface area contributed by atoms with Gasteiger partial charge in [-0.05, 0) is 26.4 Å². The van der Waals surface area contributed by atoms with Gasteiger partial charge in [0.15, 0.2) is 0 Å². The maximum absolute atomic E-state index is 12.2. The molecule has 0 aromatic heterocycles. The van der Waals surface area contributed by atoms with Crippen molar-refractivity contribution in [3.05, 3.63) is 11.3 Å². The Morgan fingerprint density at radius 1 is 1.25 bits per heavy atom. The Hall–Kier alpha value is -1.56. The molecule has 6 heteroatoms. The molecule has 114 valence electrons. The fourth-order valence-corrected chi connectivity index (χ4v) is 2.26. The van der Waals surface area contributed by atoms with E-state index in [1.165, 1.54) is 0 Å². The number of ether oxygens (including phenoxy) is 1. The number of hydrogen-bond donors (Lipinski definition) is 2. The highest BCUT2D eigenvalue weighted by Gasteiger charge is 2.31. The lowest BCUT2D eigenvalue weighted by molar-refractivity contribution is -0.139. The fraction of sp³-hybridized carbons (Fsp3) is 0.714. The highest BCUT2D eigenvalue weighted by Crippen LogP contribution is 2.17. The van der Waals surface area contributed by atoms with Gasteiger partial charge in [-0.3, -0.25) is 4.90 Å². The van der Waals surface area contributed by atoms with Crippen LogP contribution in [0.15, 0.2) is 11.3 Å². The summed E-state index contributed by atoms with van der Waals surface area (Å²) in [7, 11) is 0. The molecule has 1 atom stereocenters. The normalized spacial score (nSPS) is 18.9. The van der Waals surface area contributed by atoms with Crippen LogP contribution in [-0.2, 0) is 9.53 Å². The first-order valence-electron chi connectivity index (χ1n) is 7.27. The molecular formula is C14H25N3O3. The van der Waals surface area contributed by atoms with Gasteiger partial charge in [0.25, 0.3) is 0 Å². The van der Waals surface area contributed by atoms with Gasteiger partial charge in [-0.1, -0.05) is 20.8 Å². The maximum Gasteiger partial charge on any atom is 0.337 e. The van der Waals surface area contributed by atoms with E-state index in [1.807, 2.05) is 20.8 Å². The van der Waals surface area contributed by atoms with Crippen LogP contribution in [0.4, 0.5) is 4.79 Å². The molecule has 0 aromatic carbocycles. The lowest BCUT2D eigenvalue weighted by Crippen LogP contribution is -2.52. The summed E-state index contributed by atoms with van der Waals surface area (Å²) in [6.07, 6.45) is 0.656. The Balaban J connectivity index is 3.09. The Morgan fingerprint density at radius 2 is 1.90 bits per heavy atom. The molecule has 0 aliphatic carbocycles. The van der Waals surface area contributed by atoms with Crippen LogP contribution >= 0.6 is 0 Å². The predicted octanol–water partition coefficient (Wildman–Crippen LogP) is 1.24. The van der Waals surface area contributed by atoms with Gasteiger partial charge in [0, 0.05) is 12.2 Å². The molecule has 1 rings (SSSR count). The van der Waals surface area contributed by atoms with Crippen molar-refractivity contribution in [1.82, 2.24) is 15.5 Å². The van der Waals surface area contributed by atoms with E-state index in [4.69, 9.17) is 4.74 Å². The minimum atomic E-state index is -0.353. The van der Waals surface area contributed by atoms with Crippen molar-refractivity contribution in [3.63, 3.8) is 0 Å². The highest BCUT2D eigenvalue weighted by atomic mass is 16.5. The van der Waals surface area contributed by atoms with Crippen LogP contribution in [0.5, 0.6) is 0 Å². The number of esters is 1. The van der Waals surface area contributed by atoms with Crippen molar-refractivity contribution in [2.75, 3.05) is 26.2 Å². The average Bonchev–Trinajstić information content (AvgIpc) is 2.43. The minimum Gasteiger partial charge on any atom is -0.463 e. The number of nitrogens with one attached hydrogen (secondary N) is 2. The van der Waals surface area contributed by atoms with E-state index in [1.54, 1.807) is 6.92 Å². The summed E-state index contributed by atoms with van der Waals surface area (Å²) in [6.45, 7) is 10.4. The molecule has 0 aromatic rings. The van der Waals surface area contributed by atoms with Crippen LogP contribution in [-0.4, -0.2) is 49.2 Å². The van der Waals surface area contributed by atoms with Crippen molar-refractivity contribution >= 4 is 12.0 Å². The zero-order chi connectivity index (χ0) is 15.1. The summed E-state index contributed by atoms with van der Waals surface area (Å²) in [5, 5.41) is 5.52. The molecule has 0 fully saturated rings. The second kappa shape index (κ2) is 7.89. The second-order valence-corrected chi connectivity index (χ2v) is 4.63. The van der Waals surface area contributed by atoms with E-state index in [9.17, 15) is 9.59 Å². The molecule has 20 heavy (non-hydrogen) atoms. The first kappa shape index (κ1) is 16.5. The van der Waals surface area contributed by atoms with E-state index in [0.717, 1.165) is 13.1 Å². The van der Waals surface area contributed by atoms with Gasteiger partial charge in [-0.15, -0.1) is 0 Å². The number of carbonyl (C=O) groups excluding carboxylic acids is 2. The van der Waals surface area contributed by atoms with Crippen LogP contribution < -0.4 is 10.6 Å². The lowest BCUT2D eigenvalue weighted by Gasteiger charge is -2.30. The van der Waals surface area contributed by atoms with E-state index in [0.29, 0.717) is 30.8 Å². The van der Waals surface area contributed by atoms with Crippen LogP contribution in [0.1, 0.15) is 34.1 Å².